The molecule has 0 spiro atoms. The van der Waals surface area contributed by atoms with E-state index in [1.165, 1.54) is 0 Å². The second-order valence-corrected chi connectivity index (χ2v) is 3.71. The maximum absolute atomic E-state index is 11.1. The number of hydrogen-bond donors (Lipinski definition) is 1. The highest BCUT2D eigenvalue weighted by Crippen LogP contribution is 2.25. The van der Waals surface area contributed by atoms with Crippen LogP contribution in [0, 0.1) is 0 Å². The zero-order valence-electron chi connectivity index (χ0n) is 9.55. The van der Waals surface area contributed by atoms with Crippen molar-refractivity contribution >= 4 is 17.4 Å². The molecule has 2 nitrogen and oxygen atoms in total. The molecule has 0 aliphatic heterocycles. The topological polar surface area (TPSA) is 32.9 Å². The summed E-state index contributed by atoms with van der Waals surface area (Å²) >= 11 is 0. The Labute approximate surface area is 90.7 Å². The van der Waals surface area contributed by atoms with Crippen LogP contribution in [0.15, 0.2) is 24.4 Å². The minimum Gasteiger partial charge on any atom is -0.361 e. The first-order valence-electron chi connectivity index (χ1n) is 5.10. The average molecular weight is 203 g/mol. The van der Waals surface area contributed by atoms with Crippen molar-refractivity contribution in [1.82, 2.24) is 4.98 Å². The third kappa shape index (κ3) is 2.27. The SMILES string of the molecule is C=C(C)c1[nH]ccc1C(C=O)=C(C)CC. The summed E-state index contributed by atoms with van der Waals surface area (Å²) in [6, 6.07) is 1.92. The Kier molecular flexibility index (Phi) is 3.67. The molecule has 0 fully saturated rings. The molecular weight excluding hydrogens is 186 g/mol. The Balaban J connectivity index is 3.31. The Morgan fingerprint density at radius 3 is 2.67 bits per heavy atom. The van der Waals surface area contributed by atoms with Crippen molar-refractivity contribution in [3.63, 3.8) is 0 Å². The van der Waals surface area contributed by atoms with Gasteiger partial charge in [0.1, 0.15) is 0 Å². The summed E-state index contributed by atoms with van der Waals surface area (Å²) in [5.41, 5.74) is 4.73. The van der Waals surface area contributed by atoms with Gasteiger partial charge < -0.3 is 4.98 Å². The van der Waals surface area contributed by atoms with E-state index in [0.29, 0.717) is 0 Å². The van der Waals surface area contributed by atoms with Gasteiger partial charge in [-0.15, -0.1) is 0 Å². The summed E-state index contributed by atoms with van der Waals surface area (Å²) in [6.45, 7) is 9.85. The molecule has 1 rings (SSSR count). The van der Waals surface area contributed by atoms with Crippen molar-refractivity contribution < 1.29 is 4.79 Å². The lowest BCUT2D eigenvalue weighted by atomic mass is 9.98. The van der Waals surface area contributed by atoms with Gasteiger partial charge in [0.05, 0.1) is 0 Å². The predicted octanol–water partition coefficient (Wildman–Crippen LogP) is 3.43. The Morgan fingerprint density at radius 2 is 2.20 bits per heavy atom. The number of allylic oxidation sites excluding steroid dienone is 3. The second kappa shape index (κ2) is 4.78. The van der Waals surface area contributed by atoms with Gasteiger partial charge >= 0.3 is 0 Å². The van der Waals surface area contributed by atoms with Crippen LogP contribution in [0.1, 0.15) is 38.4 Å². The number of hydrogen-bond acceptors (Lipinski definition) is 1. The van der Waals surface area contributed by atoms with Gasteiger partial charge in [0.25, 0.3) is 0 Å². The molecule has 1 heterocycles. The van der Waals surface area contributed by atoms with Gasteiger partial charge in [-0.3, -0.25) is 4.79 Å². The van der Waals surface area contributed by atoms with Crippen LogP contribution >= 0.6 is 0 Å². The molecule has 1 N–H and O–H groups in total. The minimum absolute atomic E-state index is 0.775. The molecule has 0 aromatic carbocycles. The van der Waals surface area contributed by atoms with Gasteiger partial charge in [-0.25, -0.2) is 0 Å². The van der Waals surface area contributed by atoms with Gasteiger partial charge in [-0.05, 0) is 31.9 Å². The molecule has 15 heavy (non-hydrogen) atoms. The van der Waals surface area contributed by atoms with E-state index in [0.717, 1.165) is 40.7 Å². The first kappa shape index (κ1) is 11.5. The van der Waals surface area contributed by atoms with Crippen LogP contribution in [0.3, 0.4) is 0 Å². The second-order valence-electron chi connectivity index (χ2n) is 3.71. The van der Waals surface area contributed by atoms with Gasteiger partial charge in [-0.2, -0.15) is 0 Å². The fraction of sp³-hybridized carbons (Fsp3) is 0.308. The first-order valence-corrected chi connectivity index (χ1v) is 5.10. The molecular formula is C13H17NO. The van der Waals surface area contributed by atoms with Crippen LogP contribution in [-0.2, 0) is 4.79 Å². The monoisotopic (exact) mass is 203 g/mol. The lowest BCUT2D eigenvalue weighted by molar-refractivity contribution is -0.103. The molecule has 0 atom stereocenters. The molecule has 0 amide bonds. The lowest BCUT2D eigenvalue weighted by Gasteiger charge is -2.06. The Bertz CT molecular complexity index is 410. The number of aromatic nitrogens is 1. The summed E-state index contributed by atoms with van der Waals surface area (Å²) in [4.78, 5) is 14.2. The average Bonchev–Trinajstić information content (AvgIpc) is 2.67. The van der Waals surface area contributed by atoms with Crippen LogP contribution in [0.25, 0.3) is 11.1 Å². The lowest BCUT2D eigenvalue weighted by Crippen LogP contribution is -1.93. The van der Waals surface area contributed by atoms with E-state index in [4.69, 9.17) is 0 Å². The molecule has 0 bridgehead atoms. The number of nitrogens with one attached hydrogen (secondary N) is 1. The first-order chi connectivity index (χ1) is 7.11. The zero-order valence-corrected chi connectivity index (χ0v) is 9.55. The van der Waals surface area contributed by atoms with Crippen molar-refractivity contribution in [2.75, 3.05) is 0 Å². The highest BCUT2D eigenvalue weighted by molar-refractivity contribution is 6.09. The number of H-pyrrole nitrogens is 1. The van der Waals surface area contributed by atoms with Crippen molar-refractivity contribution in [3.05, 3.63) is 35.7 Å². The molecule has 2 heteroatoms. The molecule has 1 aromatic rings. The summed E-state index contributed by atoms with van der Waals surface area (Å²) in [7, 11) is 0. The summed E-state index contributed by atoms with van der Waals surface area (Å²) in [5.74, 6) is 0. The van der Waals surface area contributed by atoms with Crippen LogP contribution in [-0.4, -0.2) is 11.3 Å². The Morgan fingerprint density at radius 1 is 1.53 bits per heavy atom. The zero-order chi connectivity index (χ0) is 11.4. The minimum atomic E-state index is 0.775. The van der Waals surface area contributed by atoms with Crippen molar-refractivity contribution in [1.29, 1.82) is 0 Å². The molecule has 0 saturated heterocycles. The molecule has 0 radical (unpaired) electrons. The van der Waals surface area contributed by atoms with Crippen LogP contribution in [0.4, 0.5) is 0 Å². The van der Waals surface area contributed by atoms with Gasteiger partial charge in [0, 0.05) is 23.0 Å². The summed E-state index contributed by atoms with van der Waals surface area (Å²) < 4.78 is 0. The molecule has 80 valence electrons. The number of carbonyl (C=O) groups is 1. The highest BCUT2D eigenvalue weighted by atomic mass is 16.1. The van der Waals surface area contributed by atoms with E-state index in [1.54, 1.807) is 0 Å². The summed E-state index contributed by atoms with van der Waals surface area (Å²) in [6.07, 6.45) is 3.65. The highest BCUT2D eigenvalue weighted by Gasteiger charge is 2.10. The molecule has 1 aromatic heterocycles. The van der Waals surface area contributed by atoms with Gasteiger partial charge in [-0.1, -0.05) is 19.1 Å². The summed E-state index contributed by atoms with van der Waals surface area (Å²) in [5, 5.41) is 0. The van der Waals surface area contributed by atoms with E-state index in [1.807, 2.05) is 33.0 Å². The predicted molar refractivity (Wildman–Crippen MR) is 64.4 cm³/mol. The van der Waals surface area contributed by atoms with Crippen LogP contribution < -0.4 is 0 Å². The van der Waals surface area contributed by atoms with E-state index in [9.17, 15) is 4.79 Å². The quantitative estimate of drug-likeness (QED) is 0.590. The van der Waals surface area contributed by atoms with E-state index < -0.39 is 0 Å². The van der Waals surface area contributed by atoms with E-state index in [-0.39, 0.29) is 0 Å². The third-order valence-electron chi connectivity index (χ3n) is 2.57. The number of rotatable bonds is 4. The normalized spacial score (nSPS) is 12.2. The van der Waals surface area contributed by atoms with Gasteiger partial charge in [0.2, 0.25) is 0 Å². The van der Waals surface area contributed by atoms with Crippen LogP contribution in [0.5, 0.6) is 0 Å². The largest absolute Gasteiger partial charge is 0.361 e. The fourth-order valence-corrected chi connectivity index (χ4v) is 1.53. The van der Waals surface area contributed by atoms with Crippen molar-refractivity contribution in [2.45, 2.75) is 27.2 Å². The molecule has 0 saturated carbocycles. The van der Waals surface area contributed by atoms with E-state index in [2.05, 4.69) is 11.6 Å². The standard InChI is InChI=1S/C13H17NO/c1-5-10(4)12(8-15)11-6-7-14-13(11)9(2)3/h6-8,14H,2,5H2,1,3-4H3. The molecule has 0 unspecified atom stereocenters. The number of aldehydes is 1. The number of aromatic amines is 1. The van der Waals surface area contributed by atoms with Gasteiger partial charge in [0.15, 0.2) is 6.29 Å². The fourth-order valence-electron chi connectivity index (χ4n) is 1.53. The maximum Gasteiger partial charge on any atom is 0.150 e. The van der Waals surface area contributed by atoms with Crippen molar-refractivity contribution in [2.24, 2.45) is 0 Å². The maximum atomic E-state index is 11.1. The number of carbonyl (C=O) groups excluding carboxylic acids is 1. The molecule has 0 aliphatic carbocycles. The third-order valence-corrected chi connectivity index (χ3v) is 2.57. The Hall–Kier alpha value is -1.57. The molecule has 0 aliphatic rings. The van der Waals surface area contributed by atoms with Crippen LogP contribution in [0.2, 0.25) is 0 Å². The van der Waals surface area contributed by atoms with E-state index >= 15 is 0 Å². The smallest absolute Gasteiger partial charge is 0.150 e. The van der Waals surface area contributed by atoms with Crippen molar-refractivity contribution in [3.8, 4) is 0 Å².